The summed E-state index contributed by atoms with van der Waals surface area (Å²) >= 11 is 1.39. The SMILES string of the molecule is COC(=O)c1c(-c2cc(C)ccc2C)csc1NC(=O)CN1CCN(C2C3CC4CC(C3)CC2C4)CC1. The Morgan fingerprint density at radius 3 is 2.30 bits per heavy atom. The maximum atomic E-state index is 13.1. The molecule has 5 fully saturated rings. The molecule has 1 amide bonds. The summed E-state index contributed by atoms with van der Waals surface area (Å²) in [7, 11) is 1.39. The highest BCUT2D eigenvalue weighted by Crippen LogP contribution is 2.55. The smallest absolute Gasteiger partial charge is 0.341 e. The highest BCUT2D eigenvalue weighted by Gasteiger charge is 2.50. The molecular formula is C30H39N3O3S. The van der Waals surface area contributed by atoms with Gasteiger partial charge in [0, 0.05) is 43.2 Å². The number of thiophene rings is 1. The first-order valence-corrected chi connectivity index (χ1v) is 14.8. The highest BCUT2D eigenvalue weighted by atomic mass is 32.1. The van der Waals surface area contributed by atoms with Crippen LogP contribution in [0, 0.1) is 37.5 Å². The van der Waals surface area contributed by atoms with Crippen molar-refractivity contribution in [3.8, 4) is 11.1 Å². The Bertz CT molecular complexity index is 1150. The molecule has 6 nitrogen and oxygen atoms in total. The molecule has 7 heteroatoms. The Kier molecular flexibility index (Phi) is 6.88. The van der Waals surface area contributed by atoms with E-state index in [2.05, 4.69) is 33.3 Å². The van der Waals surface area contributed by atoms with Crippen LogP contribution in [0.5, 0.6) is 0 Å². The van der Waals surface area contributed by atoms with E-state index in [9.17, 15) is 9.59 Å². The first kappa shape index (κ1) is 25.1. The van der Waals surface area contributed by atoms with Crippen LogP contribution in [0.25, 0.3) is 11.1 Å². The number of methoxy groups -OCH3 is 1. The minimum atomic E-state index is -0.420. The lowest BCUT2D eigenvalue weighted by Crippen LogP contribution is -2.60. The van der Waals surface area contributed by atoms with Crippen LogP contribution in [-0.4, -0.2) is 67.6 Å². The van der Waals surface area contributed by atoms with E-state index in [0.717, 1.165) is 78.1 Å². The number of ether oxygens (including phenoxy) is 1. The van der Waals surface area contributed by atoms with Crippen molar-refractivity contribution in [3.63, 3.8) is 0 Å². The summed E-state index contributed by atoms with van der Waals surface area (Å²) in [6.07, 6.45) is 7.30. The number of amides is 1. The number of benzene rings is 1. The molecule has 5 aliphatic rings. The van der Waals surface area contributed by atoms with Crippen molar-refractivity contribution < 1.29 is 14.3 Å². The number of hydrogen-bond acceptors (Lipinski definition) is 6. The van der Waals surface area contributed by atoms with Gasteiger partial charge < -0.3 is 10.1 Å². The van der Waals surface area contributed by atoms with Gasteiger partial charge in [0.2, 0.25) is 5.91 Å². The van der Waals surface area contributed by atoms with E-state index in [1.165, 1.54) is 50.6 Å². The molecule has 1 aliphatic heterocycles. The fourth-order valence-electron chi connectivity index (χ4n) is 8.06. The van der Waals surface area contributed by atoms with Crippen molar-refractivity contribution in [2.24, 2.45) is 23.7 Å². The Hall–Kier alpha value is -2.22. The van der Waals surface area contributed by atoms with Crippen molar-refractivity contribution in [2.45, 2.75) is 52.0 Å². The minimum Gasteiger partial charge on any atom is -0.465 e. The molecule has 0 unspecified atom stereocenters. The van der Waals surface area contributed by atoms with Gasteiger partial charge in [-0.2, -0.15) is 0 Å². The topological polar surface area (TPSA) is 61.9 Å². The van der Waals surface area contributed by atoms with E-state index in [-0.39, 0.29) is 5.91 Å². The van der Waals surface area contributed by atoms with E-state index in [0.29, 0.717) is 17.1 Å². The van der Waals surface area contributed by atoms with E-state index in [1.807, 2.05) is 19.2 Å². The maximum Gasteiger partial charge on any atom is 0.341 e. The summed E-state index contributed by atoms with van der Waals surface area (Å²) in [5, 5.41) is 5.56. The van der Waals surface area contributed by atoms with Gasteiger partial charge in [0.1, 0.15) is 10.6 Å². The van der Waals surface area contributed by atoms with Crippen LogP contribution < -0.4 is 5.32 Å². The van der Waals surface area contributed by atoms with Crippen molar-refractivity contribution in [2.75, 3.05) is 45.2 Å². The first-order valence-electron chi connectivity index (χ1n) is 13.9. The van der Waals surface area contributed by atoms with Crippen LogP contribution in [0.3, 0.4) is 0 Å². The van der Waals surface area contributed by atoms with Crippen LogP contribution in [0.2, 0.25) is 0 Å². The number of carbonyl (C=O) groups excluding carboxylic acids is 2. The molecule has 0 atom stereocenters. The van der Waals surface area contributed by atoms with Crippen LogP contribution in [0.1, 0.15) is 53.6 Å². The molecule has 4 bridgehead atoms. The third kappa shape index (κ3) is 4.86. The second-order valence-electron chi connectivity index (χ2n) is 11.9. The average Bonchev–Trinajstić information content (AvgIpc) is 3.28. The molecule has 198 valence electrons. The number of esters is 1. The van der Waals surface area contributed by atoms with E-state index in [1.54, 1.807) is 0 Å². The molecule has 4 saturated carbocycles. The molecule has 0 radical (unpaired) electrons. The molecule has 37 heavy (non-hydrogen) atoms. The molecule has 1 aromatic heterocycles. The Balaban J connectivity index is 1.09. The van der Waals surface area contributed by atoms with Gasteiger partial charge in [0.05, 0.1) is 13.7 Å². The molecule has 1 saturated heterocycles. The third-order valence-electron chi connectivity index (χ3n) is 9.49. The fourth-order valence-corrected chi connectivity index (χ4v) is 9.02. The molecule has 0 spiro atoms. The largest absolute Gasteiger partial charge is 0.465 e. The summed E-state index contributed by atoms with van der Waals surface area (Å²) in [5.74, 6) is 3.34. The molecular weight excluding hydrogens is 482 g/mol. The maximum absolute atomic E-state index is 13.1. The number of piperazine rings is 1. The Labute approximate surface area is 224 Å². The summed E-state index contributed by atoms with van der Waals surface area (Å²) in [6.45, 7) is 8.41. The monoisotopic (exact) mass is 521 g/mol. The number of rotatable bonds is 6. The highest BCUT2D eigenvalue weighted by molar-refractivity contribution is 7.15. The predicted octanol–water partition coefficient (Wildman–Crippen LogP) is 5.20. The lowest BCUT2D eigenvalue weighted by atomic mass is 9.54. The quantitative estimate of drug-likeness (QED) is 0.530. The second kappa shape index (κ2) is 10.2. The summed E-state index contributed by atoms with van der Waals surface area (Å²) < 4.78 is 5.11. The molecule has 2 heterocycles. The lowest BCUT2D eigenvalue weighted by Gasteiger charge is -2.58. The van der Waals surface area contributed by atoms with Gasteiger partial charge in [-0.15, -0.1) is 11.3 Å². The standard InChI is InChI=1S/C30H39N3O3S/c1-18-4-5-19(2)24(10-18)25-17-37-29(27(25)30(35)36-3)31-26(34)16-32-6-8-33(9-7-32)28-22-12-20-11-21(14-22)15-23(28)13-20/h4-5,10,17,20-23,28H,6-9,11-16H2,1-3H3,(H,31,34). The van der Waals surface area contributed by atoms with Gasteiger partial charge in [0.15, 0.2) is 0 Å². The van der Waals surface area contributed by atoms with E-state index >= 15 is 0 Å². The number of hydrogen-bond donors (Lipinski definition) is 1. The van der Waals surface area contributed by atoms with Crippen LogP contribution >= 0.6 is 11.3 Å². The van der Waals surface area contributed by atoms with E-state index in [4.69, 9.17) is 4.74 Å². The molecule has 1 aromatic carbocycles. The van der Waals surface area contributed by atoms with Crippen LogP contribution in [0.15, 0.2) is 23.6 Å². The van der Waals surface area contributed by atoms with Gasteiger partial charge in [-0.1, -0.05) is 23.8 Å². The van der Waals surface area contributed by atoms with Crippen molar-refractivity contribution in [3.05, 3.63) is 40.3 Å². The van der Waals surface area contributed by atoms with Crippen LogP contribution in [-0.2, 0) is 9.53 Å². The summed E-state index contributed by atoms with van der Waals surface area (Å²) in [6, 6.07) is 6.98. The summed E-state index contributed by atoms with van der Waals surface area (Å²) in [5.41, 5.74) is 4.47. The second-order valence-corrected chi connectivity index (χ2v) is 12.8. The number of carbonyl (C=O) groups is 2. The lowest BCUT2D eigenvalue weighted by molar-refractivity contribution is -0.118. The average molecular weight is 522 g/mol. The Morgan fingerprint density at radius 1 is 0.973 bits per heavy atom. The van der Waals surface area contributed by atoms with Crippen molar-refractivity contribution >= 4 is 28.2 Å². The third-order valence-corrected chi connectivity index (χ3v) is 10.4. The zero-order valence-corrected chi connectivity index (χ0v) is 23.1. The molecule has 4 aliphatic carbocycles. The van der Waals surface area contributed by atoms with Crippen molar-refractivity contribution in [1.29, 1.82) is 0 Å². The zero-order chi connectivity index (χ0) is 25.7. The predicted molar refractivity (Wildman–Crippen MR) is 148 cm³/mol. The van der Waals surface area contributed by atoms with E-state index < -0.39 is 5.97 Å². The Morgan fingerprint density at radius 2 is 1.65 bits per heavy atom. The molecule has 2 aromatic rings. The minimum absolute atomic E-state index is 0.0670. The van der Waals surface area contributed by atoms with Crippen molar-refractivity contribution in [1.82, 2.24) is 9.80 Å². The van der Waals surface area contributed by atoms with Gasteiger partial charge in [-0.05, 0) is 80.8 Å². The van der Waals surface area contributed by atoms with Crippen LogP contribution in [0.4, 0.5) is 5.00 Å². The van der Waals surface area contributed by atoms with Gasteiger partial charge in [-0.3, -0.25) is 14.6 Å². The molecule has 7 rings (SSSR count). The number of aryl methyl sites for hydroxylation is 2. The molecule has 1 N–H and O–H groups in total. The normalized spacial score (nSPS) is 29.4. The van der Waals surface area contributed by atoms with Gasteiger partial charge in [0.25, 0.3) is 0 Å². The number of anilines is 1. The fraction of sp³-hybridized carbons (Fsp3) is 0.600. The first-order chi connectivity index (χ1) is 17.9. The summed E-state index contributed by atoms with van der Waals surface area (Å²) in [4.78, 5) is 30.9. The number of nitrogens with one attached hydrogen (secondary N) is 1. The van der Waals surface area contributed by atoms with Gasteiger partial charge >= 0.3 is 5.97 Å². The number of nitrogens with zero attached hydrogens (tertiary/aromatic N) is 2. The zero-order valence-electron chi connectivity index (χ0n) is 22.3. The van der Waals surface area contributed by atoms with Gasteiger partial charge in [-0.25, -0.2) is 4.79 Å².